The molecule has 0 bridgehead atoms. The zero-order valence-corrected chi connectivity index (χ0v) is 10.5. The minimum atomic E-state index is -0.441. The Labute approximate surface area is 106 Å². The number of carbonyl (C=O) groups is 2. The van der Waals surface area contributed by atoms with Crippen molar-refractivity contribution in [1.82, 2.24) is 14.8 Å². The molecular weight excluding hydrogens is 232 g/mol. The largest absolute Gasteiger partial charge is 0.373 e. The Morgan fingerprint density at radius 1 is 1.33 bits per heavy atom. The van der Waals surface area contributed by atoms with E-state index in [1.807, 2.05) is 12.1 Å². The molecular formula is C12H16N4O2. The van der Waals surface area contributed by atoms with E-state index in [-0.39, 0.29) is 0 Å². The summed E-state index contributed by atoms with van der Waals surface area (Å²) in [4.78, 5) is 30.5. The molecule has 2 amide bonds. The van der Waals surface area contributed by atoms with Gasteiger partial charge in [-0.15, -0.1) is 0 Å². The molecule has 1 N–H and O–H groups in total. The van der Waals surface area contributed by atoms with Crippen molar-refractivity contribution in [3.8, 4) is 0 Å². The van der Waals surface area contributed by atoms with Crippen LogP contribution in [0.5, 0.6) is 0 Å². The van der Waals surface area contributed by atoms with Crippen LogP contribution in [0, 0.1) is 0 Å². The molecule has 1 aromatic heterocycles. The van der Waals surface area contributed by atoms with Crippen molar-refractivity contribution in [2.45, 2.75) is 6.54 Å². The van der Waals surface area contributed by atoms with Crippen LogP contribution in [0.15, 0.2) is 18.3 Å². The molecule has 6 heteroatoms. The minimum absolute atomic E-state index is 0.438. The molecule has 18 heavy (non-hydrogen) atoms. The lowest BCUT2D eigenvalue weighted by Crippen LogP contribution is -2.52. The van der Waals surface area contributed by atoms with Gasteiger partial charge in [-0.1, -0.05) is 0 Å². The molecule has 0 atom stereocenters. The quantitative estimate of drug-likeness (QED) is 0.760. The Morgan fingerprint density at radius 3 is 2.83 bits per heavy atom. The third kappa shape index (κ3) is 2.42. The van der Waals surface area contributed by atoms with Crippen molar-refractivity contribution in [3.63, 3.8) is 0 Å². The molecule has 0 spiro atoms. The van der Waals surface area contributed by atoms with Crippen LogP contribution >= 0.6 is 0 Å². The van der Waals surface area contributed by atoms with E-state index < -0.39 is 11.8 Å². The van der Waals surface area contributed by atoms with Crippen molar-refractivity contribution in [1.29, 1.82) is 0 Å². The average Bonchev–Trinajstić information content (AvgIpc) is 2.40. The Balaban J connectivity index is 2.09. The number of carbonyl (C=O) groups excluding carboxylic acids is 2. The Bertz CT molecular complexity index is 475. The van der Waals surface area contributed by atoms with E-state index >= 15 is 0 Å². The van der Waals surface area contributed by atoms with Crippen LogP contribution in [0.3, 0.4) is 0 Å². The van der Waals surface area contributed by atoms with Gasteiger partial charge in [0.05, 0.1) is 0 Å². The number of rotatable bonds is 3. The van der Waals surface area contributed by atoms with Crippen LogP contribution in [0.25, 0.3) is 0 Å². The predicted octanol–water partition coefficient (Wildman–Crippen LogP) is -0.0761. The van der Waals surface area contributed by atoms with E-state index in [9.17, 15) is 9.59 Å². The molecule has 1 aliphatic rings. The van der Waals surface area contributed by atoms with Gasteiger partial charge >= 0.3 is 11.8 Å². The third-order valence-electron chi connectivity index (χ3n) is 2.98. The minimum Gasteiger partial charge on any atom is -0.373 e. The van der Waals surface area contributed by atoms with E-state index in [0.717, 1.165) is 11.4 Å². The van der Waals surface area contributed by atoms with Gasteiger partial charge in [0.1, 0.15) is 5.82 Å². The number of pyridine rings is 1. The first kappa shape index (κ1) is 12.3. The number of nitrogens with zero attached hydrogens (tertiary/aromatic N) is 3. The molecule has 0 saturated carbocycles. The first-order valence-corrected chi connectivity index (χ1v) is 5.79. The van der Waals surface area contributed by atoms with Crippen LogP contribution in [-0.4, -0.2) is 53.8 Å². The van der Waals surface area contributed by atoms with Crippen molar-refractivity contribution in [2.75, 3.05) is 32.5 Å². The Kier molecular flexibility index (Phi) is 3.45. The molecule has 0 aromatic carbocycles. The number of hydrogen-bond acceptors (Lipinski definition) is 4. The first-order valence-electron chi connectivity index (χ1n) is 5.79. The maximum absolute atomic E-state index is 11.8. The number of piperazine rings is 1. The van der Waals surface area contributed by atoms with Crippen LogP contribution in [-0.2, 0) is 16.1 Å². The predicted molar refractivity (Wildman–Crippen MR) is 66.8 cm³/mol. The van der Waals surface area contributed by atoms with Crippen molar-refractivity contribution in [3.05, 3.63) is 23.9 Å². The SMILES string of the molecule is CNc1cc(CN2CCN(C)C(=O)C2=O)ccn1. The second kappa shape index (κ2) is 5.03. The topological polar surface area (TPSA) is 65.5 Å². The van der Waals surface area contributed by atoms with Gasteiger partial charge in [0, 0.05) is 39.9 Å². The fraction of sp³-hybridized carbons (Fsp3) is 0.417. The fourth-order valence-corrected chi connectivity index (χ4v) is 1.85. The summed E-state index contributed by atoms with van der Waals surface area (Å²) < 4.78 is 0. The van der Waals surface area contributed by atoms with Crippen LogP contribution in [0.2, 0.25) is 0 Å². The Morgan fingerprint density at radius 2 is 2.11 bits per heavy atom. The monoisotopic (exact) mass is 248 g/mol. The summed E-state index contributed by atoms with van der Waals surface area (Å²) in [5.74, 6) is -0.129. The number of amides is 2. The molecule has 1 aliphatic heterocycles. The molecule has 2 rings (SSSR count). The lowest BCUT2D eigenvalue weighted by atomic mass is 10.2. The second-order valence-corrected chi connectivity index (χ2v) is 4.25. The van der Waals surface area contributed by atoms with Crippen molar-refractivity contribution < 1.29 is 9.59 Å². The summed E-state index contributed by atoms with van der Waals surface area (Å²) >= 11 is 0. The van der Waals surface area contributed by atoms with E-state index in [1.54, 1.807) is 25.2 Å². The van der Waals surface area contributed by atoms with Gasteiger partial charge in [-0.3, -0.25) is 9.59 Å². The van der Waals surface area contributed by atoms with Gasteiger partial charge in [0.15, 0.2) is 0 Å². The summed E-state index contributed by atoms with van der Waals surface area (Å²) in [7, 11) is 3.43. The number of hydrogen-bond donors (Lipinski definition) is 1. The first-order chi connectivity index (χ1) is 8.61. The van der Waals surface area contributed by atoms with Crippen molar-refractivity contribution in [2.24, 2.45) is 0 Å². The zero-order chi connectivity index (χ0) is 13.1. The number of aromatic nitrogens is 1. The standard InChI is InChI=1S/C12H16N4O2/c1-13-10-7-9(3-4-14-10)8-16-6-5-15(2)11(17)12(16)18/h3-4,7H,5-6,8H2,1-2H3,(H,13,14). The number of likely N-dealkylation sites (N-methyl/N-ethyl adjacent to an activating group) is 1. The molecule has 1 aromatic rings. The normalized spacial score (nSPS) is 16.1. The van der Waals surface area contributed by atoms with Crippen LogP contribution < -0.4 is 5.32 Å². The van der Waals surface area contributed by atoms with Crippen LogP contribution in [0.4, 0.5) is 5.82 Å². The highest BCUT2D eigenvalue weighted by Gasteiger charge is 2.29. The summed E-state index contributed by atoms with van der Waals surface area (Å²) in [5, 5.41) is 2.94. The molecule has 96 valence electrons. The summed E-state index contributed by atoms with van der Waals surface area (Å²) in [6, 6.07) is 3.72. The molecule has 2 heterocycles. The molecule has 0 unspecified atom stereocenters. The summed E-state index contributed by atoms with van der Waals surface area (Å²) in [6.45, 7) is 1.59. The maximum atomic E-state index is 11.8. The highest BCUT2D eigenvalue weighted by atomic mass is 16.2. The van der Waals surface area contributed by atoms with E-state index in [1.165, 1.54) is 4.90 Å². The summed E-state index contributed by atoms with van der Waals surface area (Å²) in [6.07, 6.45) is 1.68. The van der Waals surface area contributed by atoms with Gasteiger partial charge in [-0.2, -0.15) is 0 Å². The van der Waals surface area contributed by atoms with E-state index in [0.29, 0.717) is 19.6 Å². The van der Waals surface area contributed by atoms with Gasteiger partial charge in [0.25, 0.3) is 0 Å². The lowest BCUT2D eigenvalue weighted by Gasteiger charge is -2.31. The smallest absolute Gasteiger partial charge is 0.312 e. The average molecular weight is 248 g/mol. The molecule has 1 saturated heterocycles. The van der Waals surface area contributed by atoms with Gasteiger partial charge in [-0.05, 0) is 17.7 Å². The van der Waals surface area contributed by atoms with E-state index in [2.05, 4.69) is 10.3 Å². The van der Waals surface area contributed by atoms with Crippen molar-refractivity contribution >= 4 is 17.6 Å². The van der Waals surface area contributed by atoms with Gasteiger partial charge < -0.3 is 15.1 Å². The number of nitrogens with one attached hydrogen (secondary N) is 1. The molecule has 1 fully saturated rings. The fourth-order valence-electron chi connectivity index (χ4n) is 1.85. The highest BCUT2D eigenvalue weighted by molar-refractivity contribution is 6.35. The highest BCUT2D eigenvalue weighted by Crippen LogP contribution is 2.12. The maximum Gasteiger partial charge on any atom is 0.312 e. The van der Waals surface area contributed by atoms with E-state index in [4.69, 9.17) is 0 Å². The summed E-state index contributed by atoms with van der Waals surface area (Å²) in [5.41, 5.74) is 0.958. The second-order valence-electron chi connectivity index (χ2n) is 4.25. The van der Waals surface area contributed by atoms with Gasteiger partial charge in [0.2, 0.25) is 0 Å². The third-order valence-corrected chi connectivity index (χ3v) is 2.98. The molecule has 0 aliphatic carbocycles. The lowest BCUT2D eigenvalue weighted by molar-refractivity contribution is -0.155. The zero-order valence-electron chi connectivity index (χ0n) is 10.5. The number of anilines is 1. The van der Waals surface area contributed by atoms with Crippen LogP contribution in [0.1, 0.15) is 5.56 Å². The Hall–Kier alpha value is -2.11. The van der Waals surface area contributed by atoms with Gasteiger partial charge in [-0.25, -0.2) is 4.98 Å². The molecule has 6 nitrogen and oxygen atoms in total. The molecule has 0 radical (unpaired) electrons.